The van der Waals surface area contributed by atoms with Crippen LogP contribution in [-0.2, 0) is 0 Å². The Balaban J connectivity index is 1.74. The molecule has 0 saturated carbocycles. The van der Waals surface area contributed by atoms with Gasteiger partial charge >= 0.3 is 0 Å². The number of fused-ring (bicyclic) bond motifs is 6. The Kier molecular flexibility index (Phi) is 3.42. The Bertz CT molecular complexity index is 1530. The average molecular weight is 397 g/mol. The molecule has 0 aliphatic carbocycles. The summed E-state index contributed by atoms with van der Waals surface area (Å²) in [5, 5.41) is 7.41. The summed E-state index contributed by atoms with van der Waals surface area (Å²) < 4.78 is 1.23. The Hall–Kier alpha value is -3.01. The molecule has 0 atom stereocenters. The summed E-state index contributed by atoms with van der Waals surface area (Å²) in [5.74, 6) is 0. The maximum Gasteiger partial charge on any atom is 0.224 e. The predicted octanol–water partition coefficient (Wildman–Crippen LogP) is 7.47. The number of aromatic nitrogens is 2. The number of rotatable bonds is 1. The topological polar surface area (TPSA) is 25.8 Å². The maximum absolute atomic E-state index is 6.32. The van der Waals surface area contributed by atoms with E-state index in [1.54, 1.807) is 11.3 Å². The Labute approximate surface area is 170 Å². The SMILES string of the molecule is Clc1nc(-c2ccc3ccccc3c2)c2c(n1)sc1c3ccccc3ccc12. The molecule has 0 amide bonds. The maximum atomic E-state index is 6.32. The molecule has 6 rings (SSSR count). The van der Waals surface area contributed by atoms with E-state index in [4.69, 9.17) is 11.6 Å². The minimum absolute atomic E-state index is 0.284. The van der Waals surface area contributed by atoms with Crippen LogP contribution in [0.2, 0.25) is 5.28 Å². The summed E-state index contributed by atoms with van der Waals surface area (Å²) in [5.41, 5.74) is 1.95. The van der Waals surface area contributed by atoms with Crippen molar-refractivity contribution in [3.63, 3.8) is 0 Å². The Morgan fingerprint density at radius 2 is 1.43 bits per heavy atom. The van der Waals surface area contributed by atoms with Crippen molar-refractivity contribution in [3.05, 3.63) is 84.1 Å². The van der Waals surface area contributed by atoms with Crippen molar-refractivity contribution < 1.29 is 0 Å². The van der Waals surface area contributed by atoms with Crippen LogP contribution in [0.3, 0.4) is 0 Å². The highest BCUT2D eigenvalue weighted by molar-refractivity contribution is 7.26. The molecule has 0 aliphatic heterocycles. The van der Waals surface area contributed by atoms with Gasteiger partial charge in [-0.05, 0) is 39.2 Å². The van der Waals surface area contributed by atoms with Gasteiger partial charge in [0.05, 0.1) is 5.69 Å². The summed E-state index contributed by atoms with van der Waals surface area (Å²) >= 11 is 8.00. The second kappa shape index (κ2) is 5.99. The van der Waals surface area contributed by atoms with E-state index in [1.165, 1.54) is 31.6 Å². The van der Waals surface area contributed by atoms with Crippen molar-refractivity contribution >= 4 is 64.8 Å². The van der Waals surface area contributed by atoms with Crippen LogP contribution in [-0.4, -0.2) is 9.97 Å². The fourth-order valence-corrected chi connectivity index (χ4v) is 5.35. The molecule has 2 heterocycles. The Morgan fingerprint density at radius 3 is 2.32 bits per heavy atom. The molecule has 4 heteroatoms. The van der Waals surface area contributed by atoms with E-state index in [-0.39, 0.29) is 5.28 Å². The van der Waals surface area contributed by atoms with Gasteiger partial charge in [0.1, 0.15) is 4.83 Å². The highest BCUT2D eigenvalue weighted by atomic mass is 35.5. The molecule has 0 fully saturated rings. The first-order chi connectivity index (χ1) is 13.8. The van der Waals surface area contributed by atoms with Crippen molar-refractivity contribution in [1.29, 1.82) is 0 Å². The summed E-state index contributed by atoms with van der Waals surface area (Å²) in [6.07, 6.45) is 0. The molecule has 0 spiro atoms. The van der Waals surface area contributed by atoms with Gasteiger partial charge in [-0.15, -0.1) is 11.3 Å². The third kappa shape index (κ3) is 2.34. The number of nitrogens with zero attached hydrogens (tertiary/aromatic N) is 2. The predicted molar refractivity (Wildman–Crippen MR) is 120 cm³/mol. The van der Waals surface area contributed by atoms with E-state index in [0.29, 0.717) is 0 Å². The van der Waals surface area contributed by atoms with Crippen molar-refractivity contribution in [2.24, 2.45) is 0 Å². The highest BCUT2D eigenvalue weighted by Gasteiger charge is 2.17. The lowest BCUT2D eigenvalue weighted by molar-refractivity contribution is 1.24. The van der Waals surface area contributed by atoms with E-state index < -0.39 is 0 Å². The molecule has 4 aromatic carbocycles. The van der Waals surface area contributed by atoms with Crippen molar-refractivity contribution in [2.45, 2.75) is 0 Å². The van der Waals surface area contributed by atoms with E-state index in [2.05, 4.69) is 88.8 Å². The van der Waals surface area contributed by atoms with Gasteiger partial charge in [-0.1, -0.05) is 72.8 Å². The van der Waals surface area contributed by atoms with Gasteiger partial charge in [0.15, 0.2) is 0 Å². The number of hydrogen-bond donors (Lipinski definition) is 0. The number of hydrogen-bond acceptors (Lipinski definition) is 3. The minimum atomic E-state index is 0.284. The van der Waals surface area contributed by atoms with Gasteiger partial charge < -0.3 is 0 Å². The fraction of sp³-hybridized carbons (Fsp3) is 0. The van der Waals surface area contributed by atoms with E-state index >= 15 is 0 Å². The zero-order valence-corrected chi connectivity index (χ0v) is 16.3. The number of halogens is 1. The van der Waals surface area contributed by atoms with Crippen molar-refractivity contribution in [1.82, 2.24) is 9.97 Å². The van der Waals surface area contributed by atoms with Crippen LogP contribution < -0.4 is 0 Å². The summed E-state index contributed by atoms with van der Waals surface area (Å²) in [6.45, 7) is 0. The monoisotopic (exact) mass is 396 g/mol. The van der Waals surface area contributed by atoms with Gasteiger partial charge in [-0.2, -0.15) is 0 Å². The first kappa shape index (κ1) is 16.0. The second-order valence-corrected chi connectivity index (χ2v) is 8.19. The van der Waals surface area contributed by atoms with Crippen molar-refractivity contribution in [3.8, 4) is 11.3 Å². The quantitative estimate of drug-likeness (QED) is 0.269. The minimum Gasteiger partial charge on any atom is -0.217 e. The van der Waals surface area contributed by atoms with Crippen molar-refractivity contribution in [2.75, 3.05) is 0 Å². The van der Waals surface area contributed by atoms with Crippen LogP contribution in [0.5, 0.6) is 0 Å². The van der Waals surface area contributed by atoms with Crippen LogP contribution >= 0.6 is 22.9 Å². The van der Waals surface area contributed by atoms with Crippen LogP contribution in [0, 0.1) is 0 Å². The molecule has 2 aromatic heterocycles. The normalized spacial score (nSPS) is 11.8. The van der Waals surface area contributed by atoms with E-state index in [0.717, 1.165) is 21.5 Å². The van der Waals surface area contributed by atoms with Gasteiger partial charge in [0, 0.05) is 21.0 Å². The first-order valence-electron chi connectivity index (χ1n) is 9.05. The van der Waals surface area contributed by atoms with Gasteiger partial charge in [-0.3, -0.25) is 0 Å². The first-order valence-corrected chi connectivity index (χ1v) is 10.2. The largest absolute Gasteiger partial charge is 0.224 e. The average Bonchev–Trinajstić information content (AvgIpc) is 3.11. The fourth-order valence-electron chi connectivity index (χ4n) is 3.92. The molecule has 0 unspecified atom stereocenters. The lowest BCUT2D eigenvalue weighted by atomic mass is 10.0. The molecule has 132 valence electrons. The molecule has 0 N–H and O–H groups in total. The van der Waals surface area contributed by atoms with Crippen LogP contribution in [0.15, 0.2) is 78.9 Å². The summed E-state index contributed by atoms with van der Waals surface area (Å²) in [7, 11) is 0. The summed E-state index contributed by atoms with van der Waals surface area (Å²) in [6, 6.07) is 27.6. The third-order valence-corrected chi connectivity index (χ3v) is 6.52. The summed E-state index contributed by atoms with van der Waals surface area (Å²) in [4.78, 5) is 10.1. The van der Waals surface area contributed by atoms with Crippen LogP contribution in [0.4, 0.5) is 0 Å². The molecular weight excluding hydrogens is 384 g/mol. The standard InChI is InChI=1S/C24H13ClN2S/c25-24-26-21(17-10-9-14-5-1-2-7-16(14)13-17)20-19-12-11-15-6-3-4-8-18(15)22(19)28-23(20)27-24/h1-13H. The van der Waals surface area contributed by atoms with Crippen LogP contribution in [0.25, 0.3) is 53.1 Å². The van der Waals surface area contributed by atoms with Gasteiger partial charge in [0.2, 0.25) is 5.28 Å². The van der Waals surface area contributed by atoms with E-state index in [9.17, 15) is 0 Å². The molecule has 28 heavy (non-hydrogen) atoms. The second-order valence-electron chi connectivity index (χ2n) is 6.85. The third-order valence-electron chi connectivity index (χ3n) is 5.22. The molecule has 0 bridgehead atoms. The zero-order valence-electron chi connectivity index (χ0n) is 14.7. The van der Waals surface area contributed by atoms with E-state index in [1.807, 2.05) is 0 Å². The highest BCUT2D eigenvalue weighted by Crippen LogP contribution is 2.42. The van der Waals surface area contributed by atoms with Gasteiger partial charge in [0.25, 0.3) is 0 Å². The lowest BCUT2D eigenvalue weighted by Crippen LogP contribution is -1.89. The molecule has 0 radical (unpaired) electrons. The number of benzene rings is 4. The molecule has 6 aromatic rings. The molecule has 2 nitrogen and oxygen atoms in total. The molecule has 0 aliphatic rings. The molecule has 0 saturated heterocycles. The molecular formula is C24H13ClN2S. The lowest BCUT2D eigenvalue weighted by Gasteiger charge is -2.06. The number of thiophene rings is 1. The van der Waals surface area contributed by atoms with Crippen LogP contribution in [0.1, 0.15) is 0 Å². The van der Waals surface area contributed by atoms with Gasteiger partial charge in [-0.25, -0.2) is 9.97 Å². The zero-order chi connectivity index (χ0) is 18.7. The smallest absolute Gasteiger partial charge is 0.217 e. The Morgan fingerprint density at radius 1 is 0.679 bits per heavy atom.